The maximum absolute atomic E-state index is 13.5. The summed E-state index contributed by atoms with van der Waals surface area (Å²) in [7, 11) is 0. The van der Waals surface area contributed by atoms with Gasteiger partial charge in [-0.25, -0.2) is 4.79 Å². The lowest BCUT2D eigenvalue weighted by molar-refractivity contribution is 0.00909. The number of amides is 2. The summed E-state index contributed by atoms with van der Waals surface area (Å²) in [6.07, 6.45) is 10.2. The fraction of sp³-hybridized carbons (Fsp3) is 0.500. The number of carbonyl (C=O) groups excluding carboxylic acids is 1. The molecule has 3 heterocycles. The van der Waals surface area contributed by atoms with Gasteiger partial charge in [-0.3, -0.25) is 4.90 Å². The molecule has 0 aromatic heterocycles. The van der Waals surface area contributed by atoms with Gasteiger partial charge in [-0.2, -0.15) is 0 Å². The number of nitrogens with one attached hydrogen (secondary N) is 1. The Balaban J connectivity index is 1.28. The fourth-order valence-corrected chi connectivity index (χ4v) is 6.72. The molecule has 3 fully saturated rings. The largest absolute Gasteiger partial charge is 0.322 e. The Morgan fingerprint density at radius 2 is 1.90 bits per heavy atom. The summed E-state index contributed by atoms with van der Waals surface area (Å²) in [5.74, 6) is 1.29. The summed E-state index contributed by atoms with van der Waals surface area (Å²) >= 11 is 0. The van der Waals surface area contributed by atoms with Crippen molar-refractivity contribution in [2.24, 2.45) is 11.8 Å². The molecule has 2 bridgehead atoms. The molecule has 2 amide bonds. The highest BCUT2D eigenvalue weighted by Crippen LogP contribution is 2.45. The van der Waals surface area contributed by atoms with Crippen LogP contribution in [0.3, 0.4) is 0 Å². The first kappa shape index (κ1) is 18.4. The van der Waals surface area contributed by atoms with Gasteiger partial charge in [0, 0.05) is 24.5 Å². The molecule has 1 aliphatic carbocycles. The third kappa shape index (κ3) is 3.04. The summed E-state index contributed by atoms with van der Waals surface area (Å²) in [6, 6.07) is 15.5. The van der Waals surface area contributed by atoms with Crippen molar-refractivity contribution in [2.75, 3.05) is 25.0 Å². The van der Waals surface area contributed by atoms with Crippen molar-refractivity contribution >= 4 is 22.5 Å². The van der Waals surface area contributed by atoms with E-state index in [-0.39, 0.29) is 12.1 Å². The Morgan fingerprint density at radius 3 is 2.87 bits per heavy atom. The molecule has 4 aliphatic rings. The maximum atomic E-state index is 13.5. The number of likely N-dealkylation sites (tertiary alicyclic amines) is 1. The van der Waals surface area contributed by atoms with Crippen LogP contribution in [0.1, 0.15) is 38.5 Å². The van der Waals surface area contributed by atoms with Gasteiger partial charge in [0.15, 0.2) is 0 Å². The monoisotopic (exact) mass is 401 g/mol. The quantitative estimate of drug-likeness (QED) is 0.661. The summed E-state index contributed by atoms with van der Waals surface area (Å²) < 4.78 is 0. The van der Waals surface area contributed by atoms with Crippen molar-refractivity contribution in [2.45, 2.75) is 50.6 Å². The van der Waals surface area contributed by atoms with E-state index in [4.69, 9.17) is 0 Å². The van der Waals surface area contributed by atoms with E-state index in [1.165, 1.54) is 50.6 Å². The van der Waals surface area contributed by atoms with E-state index in [2.05, 4.69) is 39.4 Å². The molecule has 6 rings (SSSR count). The minimum atomic E-state index is 0.0705. The second kappa shape index (κ2) is 7.42. The summed E-state index contributed by atoms with van der Waals surface area (Å²) in [6.45, 7) is 3.28. The first-order valence-corrected chi connectivity index (χ1v) is 11.8. The maximum Gasteiger partial charge on any atom is 0.322 e. The van der Waals surface area contributed by atoms with Crippen LogP contribution in [0.15, 0.2) is 54.1 Å². The van der Waals surface area contributed by atoms with Crippen LogP contribution in [0.4, 0.5) is 10.5 Å². The molecule has 3 saturated heterocycles. The second-order valence-electron chi connectivity index (χ2n) is 9.66. The Labute approximate surface area is 178 Å². The van der Waals surface area contributed by atoms with Crippen LogP contribution in [0.2, 0.25) is 0 Å². The number of hydrogen-bond donors (Lipinski definition) is 1. The molecule has 0 saturated carbocycles. The third-order valence-corrected chi connectivity index (χ3v) is 7.95. The Bertz CT molecular complexity index is 993. The Morgan fingerprint density at radius 1 is 1.00 bits per heavy atom. The van der Waals surface area contributed by atoms with Gasteiger partial charge in [0.2, 0.25) is 0 Å². The van der Waals surface area contributed by atoms with Crippen LogP contribution in [0.5, 0.6) is 0 Å². The van der Waals surface area contributed by atoms with Crippen molar-refractivity contribution in [3.63, 3.8) is 0 Å². The van der Waals surface area contributed by atoms with Crippen LogP contribution in [-0.4, -0.2) is 47.5 Å². The van der Waals surface area contributed by atoms with Crippen LogP contribution < -0.4 is 5.32 Å². The van der Waals surface area contributed by atoms with Crippen LogP contribution in [0, 0.1) is 11.8 Å². The van der Waals surface area contributed by atoms with Crippen molar-refractivity contribution in [3.05, 3.63) is 54.1 Å². The van der Waals surface area contributed by atoms with Crippen LogP contribution in [0.25, 0.3) is 10.8 Å². The number of carbonyl (C=O) groups is 1. The summed E-state index contributed by atoms with van der Waals surface area (Å²) in [5, 5.41) is 5.54. The average Bonchev–Trinajstić information content (AvgIpc) is 2.79. The van der Waals surface area contributed by atoms with Gasteiger partial charge >= 0.3 is 6.03 Å². The number of nitrogens with zero attached hydrogens (tertiary/aromatic N) is 2. The molecule has 2 aromatic rings. The highest BCUT2D eigenvalue weighted by molar-refractivity contribution is 6.01. The van der Waals surface area contributed by atoms with E-state index in [1.807, 2.05) is 24.3 Å². The number of anilines is 1. The van der Waals surface area contributed by atoms with Crippen molar-refractivity contribution in [1.29, 1.82) is 0 Å². The topological polar surface area (TPSA) is 35.6 Å². The number of benzene rings is 2. The highest BCUT2D eigenvalue weighted by atomic mass is 16.2. The summed E-state index contributed by atoms with van der Waals surface area (Å²) in [4.78, 5) is 18.4. The minimum absolute atomic E-state index is 0.0705. The zero-order chi connectivity index (χ0) is 20.1. The van der Waals surface area contributed by atoms with Gasteiger partial charge in [0.25, 0.3) is 0 Å². The van der Waals surface area contributed by atoms with Gasteiger partial charge in [0.1, 0.15) is 0 Å². The lowest BCUT2D eigenvalue weighted by atomic mass is 9.68. The molecule has 4 heteroatoms. The van der Waals surface area contributed by atoms with Crippen LogP contribution >= 0.6 is 0 Å². The normalized spacial score (nSPS) is 30.9. The number of fused-ring (bicyclic) bond motifs is 7. The molecule has 0 radical (unpaired) electrons. The number of rotatable bonds is 1. The van der Waals surface area contributed by atoms with Gasteiger partial charge < -0.3 is 10.2 Å². The molecule has 1 N–H and O–H groups in total. The van der Waals surface area contributed by atoms with E-state index < -0.39 is 0 Å². The van der Waals surface area contributed by atoms with E-state index in [1.54, 1.807) is 5.57 Å². The number of piperidine rings is 3. The van der Waals surface area contributed by atoms with Gasteiger partial charge in [-0.05, 0) is 61.9 Å². The van der Waals surface area contributed by atoms with Crippen molar-refractivity contribution < 1.29 is 4.79 Å². The predicted molar refractivity (Wildman–Crippen MR) is 122 cm³/mol. The van der Waals surface area contributed by atoms with Crippen LogP contribution in [-0.2, 0) is 0 Å². The lowest BCUT2D eigenvalue weighted by Gasteiger charge is -2.54. The van der Waals surface area contributed by atoms with Crippen molar-refractivity contribution in [3.8, 4) is 0 Å². The molecule has 2 unspecified atom stereocenters. The fourth-order valence-electron chi connectivity index (χ4n) is 6.72. The molecular formula is C26H31N3O. The van der Waals surface area contributed by atoms with E-state index in [9.17, 15) is 4.79 Å². The Hall–Kier alpha value is -2.33. The predicted octanol–water partition coefficient (Wildman–Crippen LogP) is 5.27. The molecule has 30 heavy (non-hydrogen) atoms. The molecule has 4 nitrogen and oxygen atoms in total. The smallest absolute Gasteiger partial charge is 0.317 e. The molecule has 3 aliphatic heterocycles. The SMILES string of the molecule is O=C(Nc1cccc2ccccc12)N1CCCC2=CC3CC(CN4CCCC[C@H]34)[C@@H]21. The van der Waals surface area contributed by atoms with Gasteiger partial charge in [-0.15, -0.1) is 0 Å². The molecular weight excluding hydrogens is 370 g/mol. The molecule has 4 atom stereocenters. The standard InChI is InChI=1S/C26H31N3O/c30-26(27-23-11-5-8-18-7-1-2-10-22(18)23)29-14-6-9-19-15-20-16-21(25(19)29)17-28-13-4-3-12-24(20)28/h1-2,5,7-8,10-11,15,20-21,24-25H,3-4,6,9,12-14,16-17H2,(H,27,30)/t20?,21?,24-,25-/m1/s1. The first-order chi connectivity index (χ1) is 14.8. The van der Waals surface area contributed by atoms with Crippen molar-refractivity contribution in [1.82, 2.24) is 9.80 Å². The summed E-state index contributed by atoms with van der Waals surface area (Å²) in [5.41, 5.74) is 2.46. The molecule has 2 aromatic carbocycles. The van der Waals surface area contributed by atoms with Gasteiger partial charge in [-0.1, -0.05) is 54.5 Å². The van der Waals surface area contributed by atoms with E-state index >= 15 is 0 Å². The van der Waals surface area contributed by atoms with E-state index in [0.717, 1.165) is 30.1 Å². The Kier molecular flexibility index (Phi) is 4.56. The second-order valence-corrected chi connectivity index (χ2v) is 9.66. The van der Waals surface area contributed by atoms with E-state index in [0.29, 0.717) is 11.8 Å². The zero-order valence-corrected chi connectivity index (χ0v) is 17.6. The molecule has 0 spiro atoms. The highest BCUT2D eigenvalue weighted by Gasteiger charge is 2.46. The minimum Gasteiger partial charge on any atom is -0.317 e. The third-order valence-electron chi connectivity index (χ3n) is 7.95. The zero-order valence-electron chi connectivity index (χ0n) is 17.6. The first-order valence-electron chi connectivity index (χ1n) is 11.8. The lowest BCUT2D eigenvalue weighted by Crippen LogP contribution is -2.60. The average molecular weight is 402 g/mol. The van der Waals surface area contributed by atoms with Gasteiger partial charge in [0.05, 0.1) is 11.7 Å². The number of urea groups is 1. The molecule has 156 valence electrons. The number of hydrogen-bond acceptors (Lipinski definition) is 2.